The maximum Gasteiger partial charge on any atom is 0.138 e. The van der Waals surface area contributed by atoms with Crippen molar-refractivity contribution >= 4 is 0 Å². The molecule has 0 fully saturated rings. The third-order valence-corrected chi connectivity index (χ3v) is 2.66. The maximum atomic E-state index is 5.98. The molecule has 0 saturated carbocycles. The normalized spacial score (nSPS) is 13.4. The van der Waals surface area contributed by atoms with Crippen molar-refractivity contribution in [2.45, 2.75) is 59.1 Å². The van der Waals surface area contributed by atoms with E-state index in [1.807, 2.05) is 19.1 Å². The number of hydrogen-bond acceptors (Lipinski definition) is 3. The van der Waals surface area contributed by atoms with Crippen LogP contribution >= 0.6 is 0 Å². The molecule has 0 aliphatic heterocycles. The molecular formula is C15H26N2O. The summed E-state index contributed by atoms with van der Waals surface area (Å²) >= 11 is 0. The summed E-state index contributed by atoms with van der Waals surface area (Å²) in [5, 5.41) is 3.49. The van der Waals surface area contributed by atoms with Crippen LogP contribution in [0, 0.1) is 6.92 Å². The highest BCUT2D eigenvalue weighted by atomic mass is 16.5. The van der Waals surface area contributed by atoms with E-state index in [1.165, 1.54) is 0 Å². The van der Waals surface area contributed by atoms with E-state index in [4.69, 9.17) is 4.74 Å². The quantitative estimate of drug-likeness (QED) is 0.841. The molecule has 18 heavy (non-hydrogen) atoms. The Balaban J connectivity index is 2.54. The average Bonchev–Trinajstić information content (AvgIpc) is 2.28. The van der Waals surface area contributed by atoms with Gasteiger partial charge in [-0.25, -0.2) is 0 Å². The topological polar surface area (TPSA) is 34.1 Å². The lowest BCUT2D eigenvalue weighted by molar-refractivity contribution is 0.174. The van der Waals surface area contributed by atoms with Crippen LogP contribution in [0.1, 0.15) is 46.2 Å². The molecular weight excluding hydrogens is 224 g/mol. The highest BCUT2D eigenvalue weighted by Gasteiger charge is 2.15. The fourth-order valence-electron chi connectivity index (χ4n) is 1.66. The second-order valence-electron chi connectivity index (χ2n) is 5.79. The minimum absolute atomic E-state index is 0.126. The van der Waals surface area contributed by atoms with Crippen molar-refractivity contribution in [1.82, 2.24) is 10.3 Å². The second-order valence-corrected chi connectivity index (χ2v) is 5.79. The number of pyridine rings is 1. The van der Waals surface area contributed by atoms with Crippen molar-refractivity contribution in [2.24, 2.45) is 0 Å². The molecule has 1 aromatic heterocycles. The molecule has 3 nitrogen and oxygen atoms in total. The number of aromatic nitrogens is 1. The molecule has 1 heterocycles. The van der Waals surface area contributed by atoms with Gasteiger partial charge in [-0.1, -0.05) is 13.3 Å². The summed E-state index contributed by atoms with van der Waals surface area (Å²) in [4.78, 5) is 4.26. The second kappa shape index (κ2) is 6.74. The zero-order valence-corrected chi connectivity index (χ0v) is 12.3. The van der Waals surface area contributed by atoms with Gasteiger partial charge in [0.2, 0.25) is 0 Å². The van der Waals surface area contributed by atoms with Gasteiger partial charge in [0.05, 0.1) is 6.20 Å². The lowest BCUT2D eigenvalue weighted by atomic mass is 10.1. The summed E-state index contributed by atoms with van der Waals surface area (Å²) in [5.41, 5.74) is 1.14. The largest absolute Gasteiger partial charge is 0.487 e. The van der Waals surface area contributed by atoms with Gasteiger partial charge in [0, 0.05) is 17.8 Å². The van der Waals surface area contributed by atoms with E-state index in [1.54, 1.807) is 6.20 Å². The number of rotatable bonds is 6. The van der Waals surface area contributed by atoms with Crippen LogP contribution in [0.3, 0.4) is 0 Å². The molecule has 1 unspecified atom stereocenters. The Labute approximate surface area is 111 Å². The van der Waals surface area contributed by atoms with Crippen molar-refractivity contribution in [3.05, 3.63) is 24.0 Å². The Morgan fingerprint density at radius 2 is 2.06 bits per heavy atom. The average molecular weight is 250 g/mol. The third-order valence-electron chi connectivity index (χ3n) is 2.66. The lowest BCUT2D eigenvalue weighted by Crippen LogP contribution is -2.42. The van der Waals surface area contributed by atoms with Gasteiger partial charge >= 0.3 is 0 Å². The van der Waals surface area contributed by atoms with Gasteiger partial charge in [0.25, 0.3) is 0 Å². The fraction of sp³-hybridized carbons (Fsp3) is 0.667. The van der Waals surface area contributed by atoms with Crippen LogP contribution < -0.4 is 10.1 Å². The summed E-state index contributed by atoms with van der Waals surface area (Å²) in [6.45, 7) is 11.5. The molecule has 0 bridgehead atoms. The first-order valence-electron chi connectivity index (χ1n) is 6.75. The minimum Gasteiger partial charge on any atom is -0.487 e. The van der Waals surface area contributed by atoms with Crippen molar-refractivity contribution in [3.63, 3.8) is 0 Å². The Hall–Kier alpha value is -1.09. The van der Waals surface area contributed by atoms with E-state index in [9.17, 15) is 0 Å². The van der Waals surface area contributed by atoms with Gasteiger partial charge in [-0.15, -0.1) is 0 Å². The predicted molar refractivity (Wildman–Crippen MR) is 76.1 cm³/mol. The van der Waals surface area contributed by atoms with Gasteiger partial charge in [0.1, 0.15) is 11.9 Å². The Morgan fingerprint density at radius 3 is 2.56 bits per heavy atom. The Morgan fingerprint density at radius 1 is 1.33 bits per heavy atom. The van der Waals surface area contributed by atoms with Crippen molar-refractivity contribution < 1.29 is 4.74 Å². The van der Waals surface area contributed by atoms with Crippen LogP contribution in [0.5, 0.6) is 5.75 Å². The van der Waals surface area contributed by atoms with E-state index in [-0.39, 0.29) is 11.6 Å². The first-order valence-corrected chi connectivity index (χ1v) is 6.75. The summed E-state index contributed by atoms with van der Waals surface area (Å²) in [5.74, 6) is 0.856. The molecule has 1 N–H and O–H groups in total. The molecule has 0 spiro atoms. The van der Waals surface area contributed by atoms with E-state index < -0.39 is 0 Å². The zero-order valence-electron chi connectivity index (χ0n) is 12.3. The smallest absolute Gasteiger partial charge is 0.138 e. The molecule has 3 heteroatoms. The summed E-state index contributed by atoms with van der Waals surface area (Å²) in [6, 6.07) is 3.97. The summed E-state index contributed by atoms with van der Waals surface area (Å²) in [7, 11) is 0. The molecule has 0 aromatic carbocycles. The van der Waals surface area contributed by atoms with Crippen molar-refractivity contribution in [1.29, 1.82) is 0 Å². The van der Waals surface area contributed by atoms with Crippen molar-refractivity contribution in [2.75, 3.05) is 6.54 Å². The van der Waals surface area contributed by atoms with Crippen LogP contribution in [0.25, 0.3) is 0 Å². The monoisotopic (exact) mass is 250 g/mol. The third kappa shape index (κ3) is 6.01. The highest BCUT2D eigenvalue weighted by Crippen LogP contribution is 2.13. The van der Waals surface area contributed by atoms with Crippen LogP contribution in [0.4, 0.5) is 0 Å². The molecule has 0 amide bonds. The molecule has 0 radical (unpaired) electrons. The zero-order chi connectivity index (χ0) is 13.6. The fourth-order valence-corrected chi connectivity index (χ4v) is 1.66. The van der Waals surface area contributed by atoms with Crippen LogP contribution in [0.15, 0.2) is 18.3 Å². The van der Waals surface area contributed by atoms with Gasteiger partial charge < -0.3 is 10.1 Å². The van der Waals surface area contributed by atoms with Gasteiger partial charge in [-0.2, -0.15) is 0 Å². The summed E-state index contributed by atoms with van der Waals surface area (Å²) in [6.07, 6.45) is 4.18. The van der Waals surface area contributed by atoms with E-state index >= 15 is 0 Å². The minimum atomic E-state index is 0.126. The van der Waals surface area contributed by atoms with Crippen LogP contribution in [-0.4, -0.2) is 23.2 Å². The Kier molecular flexibility index (Phi) is 5.60. The van der Waals surface area contributed by atoms with Crippen molar-refractivity contribution in [3.8, 4) is 5.75 Å². The van der Waals surface area contributed by atoms with E-state index in [0.717, 1.165) is 30.8 Å². The molecule has 0 aliphatic carbocycles. The molecule has 1 aromatic rings. The van der Waals surface area contributed by atoms with Crippen LogP contribution in [0.2, 0.25) is 0 Å². The number of nitrogens with zero attached hydrogens (tertiary/aromatic N) is 1. The SMILES string of the molecule is CCCC(CNC(C)(C)C)Oc1ccc(C)nc1. The number of nitrogens with one attached hydrogen (secondary N) is 1. The standard InChI is InChI=1S/C15H26N2O/c1-6-7-13(11-17-15(3,4)5)18-14-9-8-12(2)16-10-14/h8-10,13,17H,6-7,11H2,1-5H3. The predicted octanol–water partition coefficient (Wildman–Crippen LogP) is 3.33. The van der Waals surface area contributed by atoms with E-state index in [0.29, 0.717) is 0 Å². The molecule has 0 aliphatic rings. The van der Waals surface area contributed by atoms with Crippen LogP contribution in [-0.2, 0) is 0 Å². The maximum absolute atomic E-state index is 5.98. The number of aryl methyl sites for hydroxylation is 1. The molecule has 1 atom stereocenters. The number of ether oxygens (including phenoxy) is 1. The van der Waals surface area contributed by atoms with Gasteiger partial charge in [-0.05, 0) is 46.2 Å². The summed E-state index contributed by atoms with van der Waals surface area (Å²) < 4.78 is 5.98. The number of hydrogen-bond donors (Lipinski definition) is 1. The van der Waals surface area contributed by atoms with E-state index in [2.05, 4.69) is 38.0 Å². The molecule has 0 saturated heterocycles. The van der Waals surface area contributed by atoms with Gasteiger partial charge in [-0.3, -0.25) is 4.98 Å². The highest BCUT2D eigenvalue weighted by molar-refractivity contribution is 5.19. The first-order chi connectivity index (χ1) is 8.40. The Bertz CT molecular complexity index is 341. The first kappa shape index (κ1) is 15.0. The lowest BCUT2D eigenvalue weighted by Gasteiger charge is -2.25. The molecule has 102 valence electrons. The van der Waals surface area contributed by atoms with Gasteiger partial charge in [0.15, 0.2) is 0 Å². The molecule has 1 rings (SSSR count).